The lowest BCUT2D eigenvalue weighted by Crippen LogP contribution is -2.12. The molecule has 0 aromatic heterocycles. The van der Waals surface area contributed by atoms with Crippen LogP contribution in [0.15, 0.2) is 12.1 Å². The van der Waals surface area contributed by atoms with Crippen LogP contribution in [0.3, 0.4) is 0 Å². The summed E-state index contributed by atoms with van der Waals surface area (Å²) in [7, 11) is 1.12. The van der Waals surface area contributed by atoms with E-state index in [1.54, 1.807) is 6.92 Å². The molecule has 0 aliphatic carbocycles. The Morgan fingerprint density at radius 1 is 1.42 bits per heavy atom. The Morgan fingerprint density at radius 3 is 2.63 bits per heavy atom. The molecule has 104 valence electrons. The zero-order chi connectivity index (χ0) is 14.2. The van der Waals surface area contributed by atoms with Crippen molar-refractivity contribution in [3.05, 3.63) is 29.3 Å². The number of thioether (sulfide) groups is 1. The third-order valence-electron chi connectivity index (χ3n) is 3.14. The fraction of sp³-hybridized carbons (Fsp3) is 0.462. The second kappa shape index (κ2) is 5.45. The van der Waals surface area contributed by atoms with E-state index in [0.29, 0.717) is 0 Å². The Kier molecular flexibility index (Phi) is 4.08. The fourth-order valence-corrected chi connectivity index (χ4v) is 3.39. The Labute approximate surface area is 113 Å². The van der Waals surface area contributed by atoms with Crippen molar-refractivity contribution in [1.29, 1.82) is 0 Å². The maximum absolute atomic E-state index is 14.3. The molecule has 6 heteroatoms. The average Bonchev–Trinajstić information content (AvgIpc) is 2.70. The summed E-state index contributed by atoms with van der Waals surface area (Å²) in [6.07, 6.45) is -1.60. The molecule has 1 aliphatic rings. The predicted octanol–water partition coefficient (Wildman–Crippen LogP) is 3.45. The molecule has 0 bridgehead atoms. The summed E-state index contributed by atoms with van der Waals surface area (Å²) in [5, 5.41) is -0.916. The van der Waals surface area contributed by atoms with Crippen molar-refractivity contribution >= 4 is 17.5 Å². The number of halogens is 3. The van der Waals surface area contributed by atoms with E-state index in [2.05, 4.69) is 4.74 Å². The molecule has 0 spiro atoms. The van der Waals surface area contributed by atoms with Crippen LogP contribution in [0, 0.1) is 11.6 Å². The molecule has 19 heavy (non-hydrogen) atoms. The largest absolute Gasteiger partial charge is 0.491 e. The van der Waals surface area contributed by atoms with Gasteiger partial charge in [0.05, 0.1) is 12.4 Å². The average molecular weight is 290 g/mol. The van der Waals surface area contributed by atoms with Crippen molar-refractivity contribution in [2.45, 2.75) is 30.0 Å². The van der Waals surface area contributed by atoms with Crippen LogP contribution in [0.5, 0.6) is 5.75 Å². The van der Waals surface area contributed by atoms with Gasteiger partial charge in [-0.05, 0) is 19.1 Å². The van der Waals surface area contributed by atoms with Crippen LogP contribution < -0.4 is 4.74 Å². The van der Waals surface area contributed by atoms with Gasteiger partial charge in [-0.15, -0.1) is 11.8 Å². The van der Waals surface area contributed by atoms with Gasteiger partial charge in [0.25, 0.3) is 0 Å². The summed E-state index contributed by atoms with van der Waals surface area (Å²) in [6.45, 7) is 1.70. The highest BCUT2D eigenvalue weighted by Crippen LogP contribution is 2.42. The van der Waals surface area contributed by atoms with E-state index in [1.807, 2.05) is 0 Å². The van der Waals surface area contributed by atoms with E-state index in [9.17, 15) is 18.0 Å². The Morgan fingerprint density at radius 2 is 2.11 bits per heavy atom. The molecule has 1 saturated heterocycles. The van der Waals surface area contributed by atoms with Gasteiger partial charge in [0.2, 0.25) is 0 Å². The first-order valence-corrected chi connectivity index (χ1v) is 6.74. The normalized spacial score (nSPS) is 24.6. The lowest BCUT2D eigenvalue weighted by Gasteiger charge is -2.17. The van der Waals surface area contributed by atoms with Crippen molar-refractivity contribution in [1.82, 2.24) is 0 Å². The Balaban J connectivity index is 2.30. The SMILES string of the molecule is COc1c(F)ccc(C(F)C2CC(=O)C(C)S2)c1F. The smallest absolute Gasteiger partial charge is 0.190 e. The van der Waals surface area contributed by atoms with Crippen LogP contribution in [0.4, 0.5) is 13.2 Å². The second-order valence-corrected chi connectivity index (χ2v) is 5.96. The minimum Gasteiger partial charge on any atom is -0.491 e. The molecule has 1 aromatic carbocycles. The predicted molar refractivity (Wildman–Crippen MR) is 67.2 cm³/mol. The summed E-state index contributed by atoms with van der Waals surface area (Å²) >= 11 is 1.18. The van der Waals surface area contributed by atoms with Crippen LogP contribution >= 0.6 is 11.8 Å². The minimum atomic E-state index is -1.66. The van der Waals surface area contributed by atoms with Gasteiger partial charge < -0.3 is 4.74 Å². The van der Waals surface area contributed by atoms with E-state index in [0.717, 1.165) is 19.2 Å². The van der Waals surface area contributed by atoms with Crippen LogP contribution in [0.1, 0.15) is 25.1 Å². The minimum absolute atomic E-state index is 0.0489. The molecule has 3 atom stereocenters. The van der Waals surface area contributed by atoms with Crippen molar-refractivity contribution in [2.24, 2.45) is 0 Å². The number of alkyl halides is 1. The molecular weight excluding hydrogens is 277 g/mol. The van der Waals surface area contributed by atoms with E-state index in [1.165, 1.54) is 11.8 Å². The van der Waals surface area contributed by atoms with Gasteiger partial charge in [0.1, 0.15) is 12.0 Å². The van der Waals surface area contributed by atoms with Crippen molar-refractivity contribution < 1.29 is 22.7 Å². The van der Waals surface area contributed by atoms with Gasteiger partial charge in [-0.25, -0.2) is 13.2 Å². The first-order valence-electron chi connectivity index (χ1n) is 5.79. The zero-order valence-corrected chi connectivity index (χ0v) is 11.3. The Hall–Kier alpha value is -1.17. The van der Waals surface area contributed by atoms with E-state index >= 15 is 0 Å². The summed E-state index contributed by atoms with van der Waals surface area (Å²) in [5.41, 5.74) is -0.266. The molecule has 0 radical (unpaired) electrons. The van der Waals surface area contributed by atoms with Crippen molar-refractivity contribution in [3.8, 4) is 5.75 Å². The second-order valence-electron chi connectivity index (χ2n) is 4.37. The molecule has 3 unspecified atom stereocenters. The third kappa shape index (κ3) is 2.59. The first-order chi connectivity index (χ1) is 8.95. The molecule has 0 saturated carbocycles. The molecule has 1 aliphatic heterocycles. The third-order valence-corrected chi connectivity index (χ3v) is 4.57. The van der Waals surface area contributed by atoms with E-state index in [4.69, 9.17) is 0 Å². The standard InChI is InChI=1S/C13H13F3O2S/c1-6-9(17)5-10(19-6)11(15)7-3-4-8(14)13(18-2)12(7)16/h3-4,6,10-11H,5H2,1-2H3. The molecule has 1 heterocycles. The fourth-order valence-electron chi connectivity index (χ4n) is 2.07. The summed E-state index contributed by atoms with van der Waals surface area (Å²) in [6, 6.07) is 2.03. The van der Waals surface area contributed by atoms with Gasteiger partial charge in [-0.3, -0.25) is 4.79 Å². The Bertz CT molecular complexity index is 507. The maximum atomic E-state index is 14.3. The van der Waals surface area contributed by atoms with Gasteiger partial charge in [0, 0.05) is 17.2 Å². The molecule has 2 rings (SSSR count). The maximum Gasteiger partial charge on any atom is 0.190 e. The molecule has 2 nitrogen and oxygen atoms in total. The van der Waals surface area contributed by atoms with Crippen molar-refractivity contribution in [2.75, 3.05) is 7.11 Å². The number of hydrogen-bond acceptors (Lipinski definition) is 3. The number of methoxy groups -OCH3 is 1. The zero-order valence-electron chi connectivity index (χ0n) is 10.5. The summed E-state index contributed by atoms with van der Waals surface area (Å²) in [5.74, 6) is -2.56. The van der Waals surface area contributed by atoms with Gasteiger partial charge in [-0.2, -0.15) is 0 Å². The van der Waals surface area contributed by atoms with Crippen LogP contribution in [-0.4, -0.2) is 23.4 Å². The molecule has 1 fully saturated rings. The molecule has 0 N–H and O–H groups in total. The molecule has 0 amide bonds. The van der Waals surface area contributed by atoms with Gasteiger partial charge >= 0.3 is 0 Å². The molecule has 1 aromatic rings. The lowest BCUT2D eigenvalue weighted by atomic mass is 10.0. The van der Waals surface area contributed by atoms with Crippen LogP contribution in [-0.2, 0) is 4.79 Å². The number of ketones is 1. The quantitative estimate of drug-likeness (QED) is 0.853. The number of ether oxygens (including phenoxy) is 1. The summed E-state index contributed by atoms with van der Waals surface area (Å²) < 4.78 is 46.1. The molecular formula is C13H13F3O2S. The van der Waals surface area contributed by atoms with E-state index < -0.39 is 28.8 Å². The first kappa shape index (κ1) is 14.2. The number of hydrogen-bond donors (Lipinski definition) is 0. The van der Waals surface area contributed by atoms with Crippen LogP contribution in [0.2, 0.25) is 0 Å². The number of rotatable bonds is 3. The number of carbonyl (C=O) groups excluding carboxylic acids is 1. The highest BCUT2D eigenvalue weighted by atomic mass is 32.2. The summed E-state index contributed by atoms with van der Waals surface area (Å²) in [4.78, 5) is 11.4. The number of benzene rings is 1. The van der Waals surface area contributed by atoms with Crippen molar-refractivity contribution in [3.63, 3.8) is 0 Å². The van der Waals surface area contributed by atoms with E-state index in [-0.39, 0.29) is 23.0 Å². The number of Topliss-reactive ketones (excluding diaryl/α,β-unsaturated/α-hetero) is 1. The number of carbonyl (C=O) groups is 1. The monoisotopic (exact) mass is 290 g/mol. The van der Waals surface area contributed by atoms with Crippen LogP contribution in [0.25, 0.3) is 0 Å². The highest BCUT2D eigenvalue weighted by Gasteiger charge is 2.37. The highest BCUT2D eigenvalue weighted by molar-refractivity contribution is 8.01. The van der Waals surface area contributed by atoms with Gasteiger partial charge in [-0.1, -0.05) is 0 Å². The topological polar surface area (TPSA) is 26.3 Å². The van der Waals surface area contributed by atoms with Gasteiger partial charge in [0.15, 0.2) is 17.4 Å². The lowest BCUT2D eigenvalue weighted by molar-refractivity contribution is -0.117.